The first-order valence-electron chi connectivity index (χ1n) is 13.1. The summed E-state index contributed by atoms with van der Waals surface area (Å²) >= 11 is 0.609. The fraction of sp³-hybridized carbons (Fsp3) is 0.0345. The van der Waals surface area contributed by atoms with Gasteiger partial charge < -0.3 is 10.2 Å². The van der Waals surface area contributed by atoms with Crippen LogP contribution in [-0.4, -0.2) is 43.2 Å². The van der Waals surface area contributed by atoms with E-state index in [2.05, 4.69) is 39.9 Å². The van der Waals surface area contributed by atoms with Crippen LogP contribution in [0.25, 0.3) is 27.4 Å². The van der Waals surface area contributed by atoms with Crippen LogP contribution in [0.3, 0.4) is 0 Å². The van der Waals surface area contributed by atoms with Crippen molar-refractivity contribution in [3.63, 3.8) is 0 Å². The molecule has 0 saturated carbocycles. The second-order valence-electron chi connectivity index (χ2n) is 9.59. The fourth-order valence-corrected chi connectivity index (χ4v) is 5.52. The molecule has 0 aliphatic heterocycles. The number of fused-ring (bicyclic) bond motifs is 2. The highest BCUT2D eigenvalue weighted by Gasteiger charge is 2.18. The molecule has 0 amide bonds. The zero-order valence-corrected chi connectivity index (χ0v) is 25.1. The minimum atomic E-state index is -4.39. The van der Waals surface area contributed by atoms with Crippen LogP contribution in [0.1, 0.15) is 5.69 Å². The second-order valence-corrected chi connectivity index (χ2v) is 11.8. The Morgan fingerprint density at radius 2 is 1.63 bits per heavy atom. The molecule has 17 heteroatoms. The van der Waals surface area contributed by atoms with Crippen molar-refractivity contribution in [2.75, 3.05) is 0 Å². The summed E-state index contributed by atoms with van der Waals surface area (Å²) in [6.45, 7) is 1.60. The number of para-hydroxylation sites is 1. The molecule has 0 aliphatic rings. The van der Waals surface area contributed by atoms with Crippen molar-refractivity contribution in [1.29, 1.82) is 0 Å². The molecular weight excluding hydrogens is 638 g/mol. The SMILES string of the molecule is Cc1nn(-c2ccc(S(=O)(=O)O)cc2)c(O)c1N=Nc1ccc2cc(SOOO)c(N=Nc3cccc4cccnc34)c(O)c2c1. The van der Waals surface area contributed by atoms with Gasteiger partial charge in [0.2, 0.25) is 5.88 Å². The molecular formula is C29H21N7O8S2. The van der Waals surface area contributed by atoms with E-state index in [1.807, 2.05) is 12.1 Å². The van der Waals surface area contributed by atoms with Gasteiger partial charge >= 0.3 is 0 Å². The van der Waals surface area contributed by atoms with Gasteiger partial charge in [-0.15, -0.1) is 19.7 Å². The Morgan fingerprint density at radius 1 is 0.870 bits per heavy atom. The highest BCUT2D eigenvalue weighted by Crippen LogP contribution is 2.45. The first kappa shape index (κ1) is 30.7. The van der Waals surface area contributed by atoms with Crippen molar-refractivity contribution in [2.45, 2.75) is 16.7 Å². The Balaban J connectivity index is 1.35. The Morgan fingerprint density at radius 3 is 2.39 bits per heavy atom. The topological polar surface area (TPSA) is 214 Å². The molecule has 0 radical (unpaired) electrons. The number of azo groups is 2. The maximum Gasteiger partial charge on any atom is 0.294 e. The highest BCUT2D eigenvalue weighted by molar-refractivity contribution is 7.94. The average molecular weight is 660 g/mol. The van der Waals surface area contributed by atoms with Crippen molar-refractivity contribution in [1.82, 2.24) is 14.8 Å². The maximum absolute atomic E-state index is 11.3. The molecule has 0 aliphatic carbocycles. The molecule has 4 N–H and O–H groups in total. The zero-order chi connectivity index (χ0) is 32.4. The zero-order valence-electron chi connectivity index (χ0n) is 23.5. The van der Waals surface area contributed by atoms with Gasteiger partial charge in [-0.2, -0.15) is 23.3 Å². The van der Waals surface area contributed by atoms with Gasteiger partial charge in [0.25, 0.3) is 10.1 Å². The lowest BCUT2D eigenvalue weighted by Gasteiger charge is -2.09. The van der Waals surface area contributed by atoms with E-state index in [0.29, 0.717) is 51.1 Å². The number of aryl methyl sites for hydroxylation is 1. The molecule has 2 heterocycles. The van der Waals surface area contributed by atoms with Gasteiger partial charge in [0.1, 0.15) is 11.4 Å². The first-order chi connectivity index (χ1) is 22.1. The van der Waals surface area contributed by atoms with Crippen molar-refractivity contribution in [2.24, 2.45) is 20.5 Å². The third kappa shape index (κ3) is 6.13. The number of nitrogens with zero attached hydrogens (tertiary/aromatic N) is 7. The van der Waals surface area contributed by atoms with E-state index in [9.17, 15) is 23.2 Å². The van der Waals surface area contributed by atoms with Crippen molar-refractivity contribution in [3.05, 3.63) is 90.8 Å². The lowest BCUT2D eigenvalue weighted by atomic mass is 10.1. The molecule has 0 saturated heterocycles. The Hall–Kier alpha value is -5.30. The monoisotopic (exact) mass is 659 g/mol. The number of hydrogen-bond donors (Lipinski definition) is 4. The predicted octanol–water partition coefficient (Wildman–Crippen LogP) is 7.80. The largest absolute Gasteiger partial charge is 0.505 e. The molecule has 0 unspecified atom stereocenters. The van der Waals surface area contributed by atoms with E-state index in [0.717, 1.165) is 10.1 Å². The standard InChI is InChI=1S/C29H21N7O8S2/c1-16-25(29(38)36(35-16)20-9-11-21(12-10-20)46(40,41)42)33-31-19-8-7-18-14-24(45-44-43-39)27(28(37)22(18)15-19)34-32-23-6-2-4-17-5-3-13-30-26(17)23/h2-15,37-39H,1H3,(H,40,41,42). The van der Waals surface area contributed by atoms with Crippen LogP contribution < -0.4 is 0 Å². The summed E-state index contributed by atoms with van der Waals surface area (Å²) in [6.07, 6.45) is 1.63. The van der Waals surface area contributed by atoms with Gasteiger partial charge in [-0.25, -0.2) is 5.26 Å². The van der Waals surface area contributed by atoms with Crippen LogP contribution in [0, 0.1) is 6.92 Å². The van der Waals surface area contributed by atoms with Crippen LogP contribution in [0.4, 0.5) is 22.7 Å². The molecule has 15 nitrogen and oxygen atoms in total. The first-order valence-corrected chi connectivity index (χ1v) is 15.3. The predicted molar refractivity (Wildman–Crippen MR) is 166 cm³/mol. The summed E-state index contributed by atoms with van der Waals surface area (Å²) in [4.78, 5) is 4.33. The Bertz CT molecular complexity index is 2270. The number of benzene rings is 4. The molecule has 4 aromatic carbocycles. The van der Waals surface area contributed by atoms with E-state index in [1.54, 1.807) is 55.6 Å². The third-order valence-electron chi connectivity index (χ3n) is 6.71. The Labute approximate surface area is 263 Å². The molecule has 0 bridgehead atoms. The van der Waals surface area contributed by atoms with Crippen LogP contribution in [-0.2, 0) is 19.5 Å². The Kier molecular flexibility index (Phi) is 8.41. The summed E-state index contributed by atoms with van der Waals surface area (Å²) in [6, 6.07) is 20.6. The van der Waals surface area contributed by atoms with E-state index < -0.39 is 10.1 Å². The van der Waals surface area contributed by atoms with Gasteiger partial charge in [-0.3, -0.25) is 9.54 Å². The van der Waals surface area contributed by atoms with Crippen molar-refractivity contribution >= 4 is 66.6 Å². The average Bonchev–Trinajstić information content (AvgIpc) is 3.34. The molecule has 2 aromatic heterocycles. The molecule has 46 heavy (non-hydrogen) atoms. The minimum Gasteiger partial charge on any atom is -0.505 e. The van der Waals surface area contributed by atoms with E-state index >= 15 is 0 Å². The van der Waals surface area contributed by atoms with Gasteiger partial charge in [-0.1, -0.05) is 29.3 Å². The lowest BCUT2D eigenvalue weighted by molar-refractivity contribution is -0.432. The molecule has 0 atom stereocenters. The lowest BCUT2D eigenvalue weighted by Crippen LogP contribution is -2.00. The number of aromatic nitrogens is 3. The second kappa shape index (κ2) is 12.6. The highest BCUT2D eigenvalue weighted by atomic mass is 32.2. The van der Waals surface area contributed by atoms with Crippen molar-refractivity contribution < 1.29 is 37.8 Å². The number of hydrogen-bond acceptors (Lipinski definition) is 14. The number of pyridine rings is 1. The molecule has 232 valence electrons. The number of phenols is 1. The van der Waals surface area contributed by atoms with Crippen LogP contribution >= 0.6 is 12.0 Å². The van der Waals surface area contributed by atoms with Crippen molar-refractivity contribution in [3.8, 4) is 17.3 Å². The number of phenolic OH excluding ortho intramolecular Hbond substituents is 1. The third-order valence-corrected chi connectivity index (χ3v) is 8.20. The van der Waals surface area contributed by atoms with Gasteiger partial charge in [-0.05, 0) is 66.9 Å². The normalized spacial score (nSPS) is 12.2. The van der Waals surface area contributed by atoms with Crippen LogP contribution in [0.15, 0.2) is 115 Å². The summed E-state index contributed by atoms with van der Waals surface area (Å²) < 4.78 is 37.7. The summed E-state index contributed by atoms with van der Waals surface area (Å²) in [5.41, 5.74) is 2.08. The number of rotatable bonds is 9. The van der Waals surface area contributed by atoms with E-state index in [4.69, 9.17) is 5.26 Å². The summed E-state index contributed by atoms with van der Waals surface area (Å²) in [5.74, 6) is -0.626. The van der Waals surface area contributed by atoms with Gasteiger partial charge in [0.05, 0.1) is 44.4 Å². The molecule has 0 fully saturated rings. The van der Waals surface area contributed by atoms with E-state index in [-0.39, 0.29) is 32.8 Å². The summed E-state index contributed by atoms with van der Waals surface area (Å²) in [5, 5.41) is 57.5. The van der Waals surface area contributed by atoms with Gasteiger partial charge in [0.15, 0.2) is 11.4 Å². The molecule has 6 aromatic rings. The maximum atomic E-state index is 11.3. The van der Waals surface area contributed by atoms with E-state index in [1.165, 1.54) is 24.3 Å². The molecule has 6 rings (SSSR count). The summed E-state index contributed by atoms with van der Waals surface area (Å²) in [7, 11) is -4.39. The minimum absolute atomic E-state index is 0.0198. The van der Waals surface area contributed by atoms with Gasteiger partial charge in [0, 0.05) is 17.0 Å². The fourth-order valence-electron chi connectivity index (χ4n) is 4.55. The smallest absolute Gasteiger partial charge is 0.294 e. The quantitative estimate of drug-likeness (QED) is 0.0386. The van der Waals surface area contributed by atoms with Crippen LogP contribution in [0.5, 0.6) is 11.6 Å². The van der Waals surface area contributed by atoms with Crippen LogP contribution in [0.2, 0.25) is 0 Å². The molecule has 0 spiro atoms. The number of aromatic hydroxyl groups is 2.